The van der Waals surface area contributed by atoms with Crippen molar-refractivity contribution in [1.29, 1.82) is 0 Å². The highest BCUT2D eigenvalue weighted by Gasteiger charge is 2.41. The molecule has 2 fully saturated rings. The van der Waals surface area contributed by atoms with Crippen LogP contribution in [0.15, 0.2) is 24.5 Å². The maximum atomic E-state index is 11.7. The molecule has 0 radical (unpaired) electrons. The number of nitrogens with zero attached hydrogens (tertiary/aromatic N) is 2. The van der Waals surface area contributed by atoms with E-state index in [1.165, 1.54) is 18.4 Å². The minimum absolute atomic E-state index is 0.240. The van der Waals surface area contributed by atoms with Crippen molar-refractivity contribution < 1.29 is 33.3 Å². The van der Waals surface area contributed by atoms with E-state index in [1.54, 1.807) is 6.20 Å². The molecule has 1 aromatic rings. The summed E-state index contributed by atoms with van der Waals surface area (Å²) in [5.41, 5.74) is 0.733. The average molecular weight is 508 g/mol. The number of amides is 2. The van der Waals surface area contributed by atoms with Gasteiger partial charge in [0.1, 0.15) is 5.60 Å². The summed E-state index contributed by atoms with van der Waals surface area (Å²) >= 11 is 0. The zero-order valence-corrected chi connectivity index (χ0v) is 21.8. The van der Waals surface area contributed by atoms with Crippen molar-refractivity contribution in [2.24, 2.45) is 0 Å². The molecule has 1 aliphatic carbocycles. The van der Waals surface area contributed by atoms with Gasteiger partial charge in [-0.25, -0.2) is 0 Å². The smallest absolute Gasteiger partial charge is 0.308 e. The lowest BCUT2D eigenvalue weighted by Gasteiger charge is -2.24. The SMILES string of the molecule is CC(C)(C)OC(=O)CCOCCOCCOCCNC=O.O=C1CCC(c2cccnc2)N1C1CC1. The van der Waals surface area contributed by atoms with E-state index in [2.05, 4.69) is 21.3 Å². The van der Waals surface area contributed by atoms with Gasteiger partial charge in [-0.3, -0.25) is 19.4 Å². The standard InChI is InChI=1S/C14H27NO6.C12H14N2O/c1-14(2,3)21-13(17)4-6-18-8-10-20-11-9-19-7-5-15-12-16;15-12-6-5-11(14(12)10-3-4-10)9-2-1-7-13-8-9/h12H,4-11H2,1-3H3,(H,15,16);1-2,7-8,10-11H,3-6H2. The second kappa shape index (κ2) is 16.2. The maximum absolute atomic E-state index is 11.7. The van der Waals surface area contributed by atoms with Crippen molar-refractivity contribution in [2.45, 2.75) is 70.6 Å². The van der Waals surface area contributed by atoms with E-state index in [4.69, 9.17) is 18.9 Å². The van der Waals surface area contributed by atoms with Crippen LogP contribution in [0.5, 0.6) is 0 Å². The van der Waals surface area contributed by atoms with E-state index in [9.17, 15) is 14.4 Å². The van der Waals surface area contributed by atoms with E-state index in [1.807, 2.05) is 33.0 Å². The zero-order valence-electron chi connectivity index (χ0n) is 21.8. The summed E-state index contributed by atoms with van der Waals surface area (Å²) in [7, 11) is 0. The largest absolute Gasteiger partial charge is 0.460 e. The third-order valence-corrected chi connectivity index (χ3v) is 5.35. The van der Waals surface area contributed by atoms with E-state index in [-0.39, 0.29) is 12.4 Å². The molecule has 1 aliphatic heterocycles. The van der Waals surface area contributed by atoms with Crippen molar-refractivity contribution in [2.75, 3.05) is 46.2 Å². The number of aromatic nitrogens is 1. The topological polar surface area (TPSA) is 116 Å². The van der Waals surface area contributed by atoms with Crippen LogP contribution >= 0.6 is 0 Å². The highest BCUT2D eigenvalue weighted by molar-refractivity contribution is 5.79. The van der Waals surface area contributed by atoms with Crippen LogP contribution in [-0.4, -0.2) is 86.0 Å². The fourth-order valence-corrected chi connectivity index (χ4v) is 3.69. The number of carbonyl (C=O) groups is 3. The molecule has 2 heterocycles. The lowest BCUT2D eigenvalue weighted by atomic mass is 10.1. The molecule has 1 atom stereocenters. The van der Waals surface area contributed by atoms with Gasteiger partial charge in [0.15, 0.2) is 0 Å². The van der Waals surface area contributed by atoms with Gasteiger partial charge in [-0.15, -0.1) is 0 Å². The van der Waals surface area contributed by atoms with Crippen molar-refractivity contribution in [1.82, 2.24) is 15.2 Å². The molecule has 0 bridgehead atoms. The molecule has 10 nitrogen and oxygen atoms in total. The summed E-state index contributed by atoms with van der Waals surface area (Å²) in [5, 5.41) is 2.49. The Morgan fingerprint density at radius 1 is 1.08 bits per heavy atom. The Hall–Kier alpha value is -2.56. The first-order valence-corrected chi connectivity index (χ1v) is 12.6. The first-order valence-electron chi connectivity index (χ1n) is 12.6. The fourth-order valence-electron chi connectivity index (χ4n) is 3.69. The van der Waals surface area contributed by atoms with Gasteiger partial charge in [0, 0.05) is 31.4 Å². The number of likely N-dealkylation sites (tertiary alicyclic amines) is 1. The van der Waals surface area contributed by atoms with Crippen LogP contribution in [-0.2, 0) is 33.3 Å². The molecule has 1 saturated heterocycles. The van der Waals surface area contributed by atoms with Gasteiger partial charge in [0.2, 0.25) is 12.3 Å². The molecule has 1 unspecified atom stereocenters. The Bertz CT molecular complexity index is 781. The molecule has 2 amide bonds. The third-order valence-electron chi connectivity index (χ3n) is 5.35. The van der Waals surface area contributed by atoms with Gasteiger partial charge in [-0.2, -0.15) is 0 Å². The van der Waals surface area contributed by atoms with Crippen LogP contribution in [0, 0.1) is 0 Å². The van der Waals surface area contributed by atoms with E-state index < -0.39 is 5.60 Å². The highest BCUT2D eigenvalue weighted by atomic mass is 16.6. The number of esters is 1. The summed E-state index contributed by atoms with van der Waals surface area (Å²) in [6, 6.07) is 4.83. The number of ether oxygens (including phenoxy) is 4. The van der Waals surface area contributed by atoms with Crippen molar-refractivity contribution >= 4 is 18.3 Å². The molecule has 2 aliphatic rings. The molecule has 1 saturated carbocycles. The third kappa shape index (κ3) is 12.4. The van der Waals surface area contributed by atoms with Crippen LogP contribution in [0.3, 0.4) is 0 Å². The first kappa shape index (κ1) is 29.7. The van der Waals surface area contributed by atoms with Gasteiger partial charge in [0.05, 0.1) is 52.1 Å². The van der Waals surface area contributed by atoms with Crippen molar-refractivity contribution in [3.05, 3.63) is 30.1 Å². The molecular weight excluding hydrogens is 466 g/mol. The van der Waals surface area contributed by atoms with Crippen LogP contribution in [0.2, 0.25) is 0 Å². The summed E-state index contributed by atoms with van der Waals surface area (Å²) in [6.45, 7) is 8.59. The van der Waals surface area contributed by atoms with Gasteiger partial charge >= 0.3 is 5.97 Å². The van der Waals surface area contributed by atoms with Gasteiger partial charge in [-0.05, 0) is 51.7 Å². The van der Waals surface area contributed by atoms with Gasteiger partial charge in [-0.1, -0.05) is 6.07 Å². The number of nitrogens with one attached hydrogen (secondary N) is 1. The zero-order chi connectivity index (χ0) is 26.2. The first-order chi connectivity index (χ1) is 17.3. The Morgan fingerprint density at radius 2 is 1.75 bits per heavy atom. The molecule has 36 heavy (non-hydrogen) atoms. The molecule has 10 heteroatoms. The average Bonchev–Trinajstić information content (AvgIpc) is 3.60. The normalized spacial score (nSPS) is 17.4. The number of rotatable bonds is 15. The predicted molar refractivity (Wildman–Crippen MR) is 133 cm³/mol. The Labute approximate surface area is 214 Å². The molecule has 202 valence electrons. The maximum Gasteiger partial charge on any atom is 0.308 e. The van der Waals surface area contributed by atoms with Crippen LogP contribution in [0.4, 0.5) is 0 Å². The van der Waals surface area contributed by atoms with Crippen LogP contribution in [0.25, 0.3) is 0 Å². The second-order valence-electron chi connectivity index (χ2n) is 9.62. The fraction of sp³-hybridized carbons (Fsp3) is 0.692. The van der Waals surface area contributed by atoms with E-state index >= 15 is 0 Å². The number of pyridine rings is 1. The monoisotopic (exact) mass is 507 g/mol. The van der Waals surface area contributed by atoms with Crippen LogP contribution < -0.4 is 5.32 Å². The predicted octanol–water partition coefficient (Wildman–Crippen LogP) is 2.42. The van der Waals surface area contributed by atoms with E-state index in [0.29, 0.717) is 77.0 Å². The highest BCUT2D eigenvalue weighted by Crippen LogP contribution is 2.41. The Kier molecular flexibility index (Phi) is 13.4. The van der Waals surface area contributed by atoms with Crippen molar-refractivity contribution in [3.8, 4) is 0 Å². The summed E-state index contributed by atoms with van der Waals surface area (Å²) in [6.07, 6.45) is 8.57. The Morgan fingerprint density at radius 3 is 2.33 bits per heavy atom. The Balaban J connectivity index is 0.000000264. The molecule has 0 spiro atoms. The summed E-state index contributed by atoms with van der Waals surface area (Å²) in [5.74, 6) is 0.0621. The molecular formula is C26H41N3O7. The minimum atomic E-state index is -0.457. The number of carbonyl (C=O) groups excluding carboxylic acids is 3. The lowest BCUT2D eigenvalue weighted by molar-refractivity contribution is -0.156. The quantitative estimate of drug-likeness (QED) is 0.219. The molecule has 1 aromatic heterocycles. The van der Waals surface area contributed by atoms with Crippen LogP contribution in [0.1, 0.15) is 64.5 Å². The van der Waals surface area contributed by atoms with Gasteiger partial charge < -0.3 is 29.2 Å². The lowest BCUT2D eigenvalue weighted by Crippen LogP contribution is -2.29. The number of hydrogen-bond donors (Lipinski definition) is 1. The minimum Gasteiger partial charge on any atom is -0.460 e. The summed E-state index contributed by atoms with van der Waals surface area (Å²) < 4.78 is 20.9. The second-order valence-corrected chi connectivity index (χ2v) is 9.62. The molecule has 3 rings (SSSR count). The van der Waals surface area contributed by atoms with Crippen molar-refractivity contribution in [3.63, 3.8) is 0 Å². The number of hydrogen-bond acceptors (Lipinski definition) is 8. The van der Waals surface area contributed by atoms with Gasteiger partial charge in [0.25, 0.3) is 0 Å². The van der Waals surface area contributed by atoms with E-state index in [0.717, 1.165) is 6.42 Å². The molecule has 0 aromatic carbocycles. The molecule has 1 N–H and O–H groups in total. The summed E-state index contributed by atoms with van der Waals surface area (Å²) in [4.78, 5) is 39.3.